The van der Waals surface area contributed by atoms with E-state index in [2.05, 4.69) is 104 Å². The van der Waals surface area contributed by atoms with Gasteiger partial charge in [-0.2, -0.15) is 0 Å². The average Bonchev–Trinajstić information content (AvgIpc) is 3.14. The van der Waals surface area contributed by atoms with Crippen LogP contribution in [0.5, 0.6) is 0 Å². The highest BCUT2D eigenvalue weighted by atomic mass is 31.2. The number of carbonyl (C=O) groups excluding carboxylic acids is 2. The Morgan fingerprint density at radius 2 is 1.08 bits per heavy atom. The van der Waals surface area contributed by atoms with Crippen LogP contribution in [0.1, 0.15) is 142 Å². The summed E-state index contributed by atoms with van der Waals surface area (Å²) in [5.41, 5.74) is 0. The summed E-state index contributed by atoms with van der Waals surface area (Å²) < 4.78 is 26.8. The Kier molecular flexibility index (Phi) is 36.8. The summed E-state index contributed by atoms with van der Waals surface area (Å²) in [6, 6.07) is 0. The monoisotopic (exact) mass is 761 g/mol. The first-order valence-corrected chi connectivity index (χ1v) is 21.6. The fourth-order valence-corrected chi connectivity index (χ4v) is 5.55. The van der Waals surface area contributed by atoms with Crippen LogP contribution in [0.25, 0.3) is 0 Å². The SMILES string of the molecule is CC/C=C\C/C=C\C/C=C\C/C=C\C/C=C\CCCCCC(=O)NCCOP(=O)(O)OCC(O)COC(=O)CCCCCCC/C=C\C/C=C\CCC. The standard InChI is InChI=1S/C43H72NO8P/c1-3-5-7-9-11-13-15-17-18-19-20-21-22-24-25-27-29-31-33-35-42(46)44-37-38-51-53(48,49)52-40-41(45)39-50-43(47)36-34-32-30-28-26-23-16-14-12-10-8-6-4-2/h5,7-8,10-11,13-14,16-18,20-21,24-25,41,45H,3-4,6,9,12,15,19,22-23,26-40H2,1-2H3,(H,44,46)(H,48,49)/b7-5-,10-8-,13-11-,16-14-,18-17-,21-20-,25-24-. The first-order valence-electron chi connectivity index (χ1n) is 20.1. The number of rotatable bonds is 36. The molecule has 1 amide bonds. The molecule has 0 saturated carbocycles. The van der Waals surface area contributed by atoms with Gasteiger partial charge in [0, 0.05) is 19.4 Å². The van der Waals surface area contributed by atoms with Gasteiger partial charge in [0.15, 0.2) is 0 Å². The van der Waals surface area contributed by atoms with Crippen LogP contribution in [0.15, 0.2) is 85.1 Å². The first-order chi connectivity index (χ1) is 25.8. The number of aliphatic hydroxyl groups excluding tert-OH is 1. The molecule has 0 rings (SSSR count). The molecule has 53 heavy (non-hydrogen) atoms. The lowest BCUT2D eigenvalue weighted by Gasteiger charge is -2.15. The van der Waals surface area contributed by atoms with Crippen molar-refractivity contribution in [2.24, 2.45) is 0 Å². The van der Waals surface area contributed by atoms with Crippen LogP contribution in [-0.4, -0.2) is 54.3 Å². The van der Waals surface area contributed by atoms with Gasteiger partial charge in [0.05, 0.1) is 13.2 Å². The minimum absolute atomic E-state index is 0.0566. The molecule has 0 spiro atoms. The molecule has 0 radical (unpaired) electrons. The van der Waals surface area contributed by atoms with Crippen LogP contribution in [0.2, 0.25) is 0 Å². The van der Waals surface area contributed by atoms with Gasteiger partial charge in [0.1, 0.15) is 12.7 Å². The van der Waals surface area contributed by atoms with Crippen LogP contribution < -0.4 is 5.32 Å². The van der Waals surface area contributed by atoms with E-state index in [1.165, 1.54) is 6.42 Å². The highest BCUT2D eigenvalue weighted by Crippen LogP contribution is 2.42. The van der Waals surface area contributed by atoms with E-state index >= 15 is 0 Å². The topological polar surface area (TPSA) is 131 Å². The number of aliphatic hydroxyl groups is 1. The normalized spacial score (nSPS) is 14.3. The van der Waals surface area contributed by atoms with Crippen molar-refractivity contribution in [1.29, 1.82) is 0 Å². The molecule has 0 bridgehead atoms. The zero-order chi connectivity index (χ0) is 38.9. The molecule has 0 aromatic rings. The van der Waals surface area contributed by atoms with Gasteiger partial charge in [-0.3, -0.25) is 18.6 Å². The molecule has 0 aromatic heterocycles. The summed E-state index contributed by atoms with van der Waals surface area (Å²) in [7, 11) is -4.43. The zero-order valence-corrected chi connectivity index (χ0v) is 33.8. The predicted octanol–water partition coefficient (Wildman–Crippen LogP) is 10.9. The number of allylic oxidation sites excluding steroid dienone is 14. The average molecular weight is 762 g/mol. The fraction of sp³-hybridized carbons (Fsp3) is 0.628. The summed E-state index contributed by atoms with van der Waals surface area (Å²) in [4.78, 5) is 33.8. The number of unbranched alkanes of at least 4 members (excludes halogenated alkanes) is 9. The van der Waals surface area contributed by atoms with Gasteiger partial charge in [-0.15, -0.1) is 0 Å². The third kappa shape index (κ3) is 40.2. The fourth-order valence-electron chi connectivity index (χ4n) is 4.80. The minimum Gasteiger partial charge on any atom is -0.463 e. The Morgan fingerprint density at radius 1 is 0.604 bits per heavy atom. The number of ether oxygens (including phenoxy) is 1. The number of hydrogen-bond donors (Lipinski definition) is 3. The highest BCUT2D eigenvalue weighted by Gasteiger charge is 2.23. The van der Waals surface area contributed by atoms with Crippen molar-refractivity contribution in [1.82, 2.24) is 5.32 Å². The van der Waals surface area contributed by atoms with E-state index in [0.717, 1.165) is 103 Å². The summed E-state index contributed by atoms with van der Waals surface area (Å²) in [6.07, 6.45) is 48.0. The van der Waals surface area contributed by atoms with Gasteiger partial charge in [0.25, 0.3) is 0 Å². The molecular formula is C43H72NO8P. The lowest BCUT2D eigenvalue weighted by Crippen LogP contribution is -2.27. The van der Waals surface area contributed by atoms with Gasteiger partial charge in [0.2, 0.25) is 5.91 Å². The minimum atomic E-state index is -4.43. The number of nitrogens with one attached hydrogen (secondary N) is 1. The van der Waals surface area contributed by atoms with Crippen molar-refractivity contribution in [3.05, 3.63) is 85.1 Å². The number of hydrogen-bond acceptors (Lipinski definition) is 7. The number of amides is 1. The second-order valence-electron chi connectivity index (χ2n) is 12.9. The molecule has 0 aliphatic carbocycles. The molecule has 2 unspecified atom stereocenters. The van der Waals surface area contributed by atoms with Crippen LogP contribution in [0, 0.1) is 0 Å². The van der Waals surface area contributed by atoms with Crippen molar-refractivity contribution in [2.75, 3.05) is 26.4 Å². The summed E-state index contributed by atoms with van der Waals surface area (Å²) >= 11 is 0. The molecular weight excluding hydrogens is 689 g/mol. The number of esters is 1. The van der Waals surface area contributed by atoms with E-state index in [0.29, 0.717) is 12.8 Å². The van der Waals surface area contributed by atoms with Crippen LogP contribution in [0.4, 0.5) is 0 Å². The molecule has 0 fully saturated rings. The number of carbonyl (C=O) groups is 2. The quantitative estimate of drug-likeness (QED) is 0.0249. The maximum absolute atomic E-state index is 12.1. The third-order valence-corrected chi connectivity index (χ3v) is 8.77. The van der Waals surface area contributed by atoms with E-state index < -0.39 is 26.5 Å². The van der Waals surface area contributed by atoms with E-state index in [1.54, 1.807) is 0 Å². The Bertz CT molecular complexity index is 1140. The Hall–Kier alpha value is -2.81. The molecule has 302 valence electrons. The lowest BCUT2D eigenvalue weighted by molar-refractivity contribution is -0.147. The van der Waals surface area contributed by atoms with Crippen molar-refractivity contribution >= 4 is 19.7 Å². The van der Waals surface area contributed by atoms with Crippen molar-refractivity contribution < 1.29 is 37.9 Å². The van der Waals surface area contributed by atoms with Crippen LogP contribution >= 0.6 is 7.82 Å². The van der Waals surface area contributed by atoms with Gasteiger partial charge in [-0.25, -0.2) is 4.57 Å². The maximum atomic E-state index is 12.1. The number of phosphoric ester groups is 1. The molecule has 0 aliphatic rings. The van der Waals surface area contributed by atoms with E-state index in [4.69, 9.17) is 13.8 Å². The predicted molar refractivity (Wildman–Crippen MR) is 219 cm³/mol. The molecule has 0 aromatic carbocycles. The summed E-state index contributed by atoms with van der Waals surface area (Å²) in [6.45, 7) is 3.28. The lowest BCUT2D eigenvalue weighted by atomic mass is 10.1. The van der Waals surface area contributed by atoms with Crippen molar-refractivity contribution in [3.8, 4) is 0 Å². The molecule has 2 atom stereocenters. The highest BCUT2D eigenvalue weighted by molar-refractivity contribution is 7.47. The van der Waals surface area contributed by atoms with Crippen LogP contribution in [-0.2, 0) is 27.9 Å². The van der Waals surface area contributed by atoms with Gasteiger partial charge in [-0.05, 0) is 83.5 Å². The largest absolute Gasteiger partial charge is 0.472 e. The molecule has 0 saturated heterocycles. The van der Waals surface area contributed by atoms with Crippen molar-refractivity contribution in [2.45, 2.75) is 148 Å². The van der Waals surface area contributed by atoms with E-state index in [9.17, 15) is 24.2 Å². The second-order valence-corrected chi connectivity index (χ2v) is 14.3. The maximum Gasteiger partial charge on any atom is 0.472 e. The number of phosphoric acid groups is 1. The van der Waals surface area contributed by atoms with Crippen LogP contribution in [0.3, 0.4) is 0 Å². The summed E-state index contributed by atoms with van der Waals surface area (Å²) in [5.74, 6) is -0.573. The van der Waals surface area contributed by atoms with Gasteiger partial charge >= 0.3 is 13.8 Å². The van der Waals surface area contributed by atoms with E-state index in [1.807, 2.05) is 0 Å². The molecule has 10 heteroatoms. The molecule has 3 N–H and O–H groups in total. The molecule has 0 aliphatic heterocycles. The zero-order valence-electron chi connectivity index (χ0n) is 32.9. The first kappa shape index (κ1) is 50.2. The van der Waals surface area contributed by atoms with Gasteiger partial charge < -0.3 is 20.1 Å². The molecule has 0 heterocycles. The smallest absolute Gasteiger partial charge is 0.463 e. The third-order valence-electron chi connectivity index (χ3n) is 7.79. The second kappa shape index (κ2) is 38.9. The summed E-state index contributed by atoms with van der Waals surface area (Å²) in [5, 5.41) is 12.6. The Morgan fingerprint density at radius 3 is 1.64 bits per heavy atom. The van der Waals surface area contributed by atoms with E-state index in [-0.39, 0.29) is 32.1 Å². The molecule has 9 nitrogen and oxygen atoms in total. The Labute approximate surface area is 322 Å². The van der Waals surface area contributed by atoms with Crippen molar-refractivity contribution in [3.63, 3.8) is 0 Å². The Balaban J connectivity index is 3.72. The van der Waals surface area contributed by atoms with Gasteiger partial charge in [-0.1, -0.05) is 131 Å².